The number of carbonyl (C=O) groups is 1. The second kappa shape index (κ2) is 5.27. The first kappa shape index (κ1) is 12.2. The van der Waals surface area contributed by atoms with E-state index in [0.29, 0.717) is 0 Å². The number of nitrogens with two attached hydrogens (primary N) is 1. The lowest BCUT2D eigenvalue weighted by atomic mass is 10.2. The highest BCUT2D eigenvalue weighted by Crippen LogP contribution is 2.19. The summed E-state index contributed by atoms with van der Waals surface area (Å²) in [5.41, 5.74) is 5.05. The molecule has 1 aromatic rings. The lowest BCUT2D eigenvalue weighted by Gasteiger charge is -2.00. The summed E-state index contributed by atoms with van der Waals surface area (Å²) in [5.74, 6) is -1.62. The molecule has 0 bridgehead atoms. The average Bonchev–Trinajstić information content (AvgIpc) is 2.15. The lowest BCUT2D eigenvalue weighted by Crippen LogP contribution is -2.34. The fourth-order valence-electron chi connectivity index (χ4n) is 1.00. The number of benzene rings is 1. The van der Waals surface area contributed by atoms with E-state index in [0.717, 1.165) is 6.08 Å². The van der Waals surface area contributed by atoms with Crippen molar-refractivity contribution in [3.8, 4) is 0 Å². The van der Waals surface area contributed by atoms with Crippen LogP contribution in [0, 0.1) is 11.2 Å². The molecule has 0 spiro atoms. The first-order valence-electron chi connectivity index (χ1n) is 4.28. The van der Waals surface area contributed by atoms with E-state index >= 15 is 0 Å². The number of carbonyl (C=O) groups excluding carboxylic acids is 1. The largest absolute Gasteiger partial charge is 0.370 e. The van der Waals surface area contributed by atoms with Gasteiger partial charge in [-0.25, -0.2) is 4.39 Å². The van der Waals surface area contributed by atoms with Crippen LogP contribution in [0.3, 0.4) is 0 Å². The molecule has 1 rings (SSSR count). The molecular formula is C10H9ClFN3O. The Balaban J connectivity index is 2.84. The van der Waals surface area contributed by atoms with Gasteiger partial charge in [0.15, 0.2) is 5.96 Å². The normalized spacial score (nSPS) is 10.4. The fourth-order valence-corrected chi connectivity index (χ4v) is 1.23. The van der Waals surface area contributed by atoms with Gasteiger partial charge in [0.1, 0.15) is 5.82 Å². The first-order chi connectivity index (χ1) is 7.50. The Morgan fingerprint density at radius 1 is 1.56 bits per heavy atom. The zero-order chi connectivity index (χ0) is 12.1. The summed E-state index contributed by atoms with van der Waals surface area (Å²) >= 11 is 5.73. The highest BCUT2D eigenvalue weighted by Gasteiger charge is 2.03. The van der Waals surface area contributed by atoms with E-state index in [-0.39, 0.29) is 10.6 Å². The number of hydrogen-bond acceptors (Lipinski definition) is 2. The van der Waals surface area contributed by atoms with Crippen LogP contribution in [-0.4, -0.2) is 11.9 Å². The van der Waals surface area contributed by atoms with Crippen molar-refractivity contribution in [1.82, 2.24) is 5.32 Å². The molecule has 0 aliphatic rings. The topological polar surface area (TPSA) is 79.0 Å². The molecule has 0 atom stereocenters. The summed E-state index contributed by atoms with van der Waals surface area (Å²) < 4.78 is 13.2. The van der Waals surface area contributed by atoms with E-state index < -0.39 is 17.7 Å². The predicted octanol–water partition coefficient (Wildman–Crippen LogP) is 1.50. The maximum absolute atomic E-state index is 13.2. The van der Waals surface area contributed by atoms with Crippen molar-refractivity contribution in [2.45, 2.75) is 0 Å². The molecule has 16 heavy (non-hydrogen) atoms. The molecule has 0 fully saturated rings. The molecule has 6 heteroatoms. The summed E-state index contributed by atoms with van der Waals surface area (Å²) in [6.45, 7) is 0. The first-order valence-corrected chi connectivity index (χ1v) is 4.65. The van der Waals surface area contributed by atoms with Gasteiger partial charge in [-0.1, -0.05) is 17.7 Å². The van der Waals surface area contributed by atoms with Crippen LogP contribution in [0.5, 0.6) is 0 Å². The zero-order valence-electron chi connectivity index (χ0n) is 8.13. The van der Waals surface area contributed by atoms with Crippen LogP contribution in [0.2, 0.25) is 5.02 Å². The molecule has 1 aromatic carbocycles. The minimum atomic E-state index is -0.619. The average molecular weight is 242 g/mol. The quantitative estimate of drug-likeness (QED) is 0.417. The highest BCUT2D eigenvalue weighted by atomic mass is 35.5. The van der Waals surface area contributed by atoms with Crippen LogP contribution in [0.4, 0.5) is 4.39 Å². The van der Waals surface area contributed by atoms with Crippen LogP contribution in [0.15, 0.2) is 24.3 Å². The molecule has 0 aromatic heterocycles. The van der Waals surface area contributed by atoms with E-state index in [1.807, 2.05) is 5.32 Å². The van der Waals surface area contributed by atoms with E-state index in [4.69, 9.17) is 22.7 Å². The molecule has 0 saturated carbocycles. The van der Waals surface area contributed by atoms with E-state index in [1.54, 1.807) is 0 Å². The number of hydrogen-bond donors (Lipinski definition) is 3. The Kier molecular flexibility index (Phi) is 4.02. The van der Waals surface area contributed by atoms with E-state index in [2.05, 4.69) is 0 Å². The molecule has 0 saturated heterocycles. The van der Waals surface area contributed by atoms with Crippen molar-refractivity contribution in [3.63, 3.8) is 0 Å². The zero-order valence-corrected chi connectivity index (χ0v) is 8.88. The van der Waals surface area contributed by atoms with Crippen molar-refractivity contribution >= 4 is 29.5 Å². The highest BCUT2D eigenvalue weighted by molar-refractivity contribution is 6.32. The third kappa shape index (κ3) is 3.36. The summed E-state index contributed by atoms with van der Waals surface area (Å²) in [7, 11) is 0. The van der Waals surface area contributed by atoms with Gasteiger partial charge in [-0.3, -0.25) is 15.5 Å². The van der Waals surface area contributed by atoms with Gasteiger partial charge in [0.05, 0.1) is 5.02 Å². The molecule has 0 aliphatic heterocycles. The Labute approximate surface area is 96.4 Å². The van der Waals surface area contributed by atoms with E-state index in [1.165, 1.54) is 24.3 Å². The standard InChI is InChI=1S/C10H9ClFN3O/c11-7-2-1-3-8(12)6(7)4-5-9(16)15-10(13)14/h1-5H,(H4,13,14,15,16)/b5-4+. The maximum atomic E-state index is 13.2. The molecule has 0 radical (unpaired) electrons. The molecule has 1 amide bonds. The Morgan fingerprint density at radius 2 is 2.25 bits per heavy atom. The van der Waals surface area contributed by atoms with Crippen LogP contribution < -0.4 is 11.1 Å². The molecule has 84 valence electrons. The van der Waals surface area contributed by atoms with Crippen LogP contribution in [0.25, 0.3) is 6.08 Å². The number of halogens is 2. The Hall–Kier alpha value is -1.88. The van der Waals surface area contributed by atoms with Crippen molar-refractivity contribution in [2.75, 3.05) is 0 Å². The van der Waals surface area contributed by atoms with E-state index in [9.17, 15) is 9.18 Å². The molecule has 0 heterocycles. The summed E-state index contributed by atoms with van der Waals surface area (Å²) in [6, 6.07) is 4.20. The molecule has 4 N–H and O–H groups in total. The maximum Gasteiger partial charge on any atom is 0.250 e. The van der Waals surface area contributed by atoms with Gasteiger partial charge in [-0.05, 0) is 18.2 Å². The van der Waals surface area contributed by atoms with Gasteiger partial charge in [0.25, 0.3) is 5.91 Å². The number of rotatable bonds is 2. The van der Waals surface area contributed by atoms with Gasteiger partial charge in [-0.2, -0.15) is 0 Å². The van der Waals surface area contributed by atoms with Gasteiger partial charge in [0, 0.05) is 11.6 Å². The van der Waals surface area contributed by atoms with Gasteiger partial charge in [-0.15, -0.1) is 0 Å². The smallest absolute Gasteiger partial charge is 0.250 e. The Morgan fingerprint density at radius 3 is 2.81 bits per heavy atom. The molecule has 4 nitrogen and oxygen atoms in total. The predicted molar refractivity (Wildman–Crippen MR) is 60.5 cm³/mol. The minimum Gasteiger partial charge on any atom is -0.370 e. The second-order valence-corrected chi connectivity index (χ2v) is 3.28. The van der Waals surface area contributed by atoms with Crippen LogP contribution >= 0.6 is 11.6 Å². The van der Waals surface area contributed by atoms with Gasteiger partial charge in [0.2, 0.25) is 0 Å². The van der Waals surface area contributed by atoms with Crippen molar-refractivity contribution in [1.29, 1.82) is 5.41 Å². The van der Waals surface area contributed by atoms with Crippen LogP contribution in [-0.2, 0) is 4.79 Å². The van der Waals surface area contributed by atoms with Crippen LogP contribution in [0.1, 0.15) is 5.56 Å². The summed E-state index contributed by atoms with van der Waals surface area (Å²) in [4.78, 5) is 11.1. The molecule has 0 aliphatic carbocycles. The minimum absolute atomic E-state index is 0.114. The summed E-state index contributed by atoms with van der Waals surface area (Å²) in [6.07, 6.45) is 2.27. The second-order valence-electron chi connectivity index (χ2n) is 2.87. The number of amides is 1. The van der Waals surface area contributed by atoms with Crippen molar-refractivity contribution in [2.24, 2.45) is 5.73 Å². The third-order valence-corrected chi connectivity index (χ3v) is 1.99. The Bertz CT molecular complexity index is 439. The fraction of sp³-hybridized carbons (Fsp3) is 0. The van der Waals surface area contributed by atoms with Crippen molar-refractivity contribution in [3.05, 3.63) is 40.7 Å². The number of guanidine groups is 1. The SMILES string of the molecule is N=C(N)NC(=O)/C=C/c1c(F)cccc1Cl. The summed E-state index contributed by atoms with van der Waals surface area (Å²) in [5, 5.41) is 9.03. The van der Waals surface area contributed by atoms with Gasteiger partial charge < -0.3 is 5.73 Å². The number of nitrogens with one attached hydrogen (secondary N) is 2. The van der Waals surface area contributed by atoms with Gasteiger partial charge >= 0.3 is 0 Å². The molecule has 0 unspecified atom stereocenters. The molecular weight excluding hydrogens is 233 g/mol. The van der Waals surface area contributed by atoms with Crippen molar-refractivity contribution < 1.29 is 9.18 Å². The third-order valence-electron chi connectivity index (χ3n) is 1.66. The lowest BCUT2D eigenvalue weighted by molar-refractivity contribution is -0.115. The monoisotopic (exact) mass is 241 g/mol.